The zero-order valence-corrected chi connectivity index (χ0v) is 18.7. The second kappa shape index (κ2) is 9.15. The molecule has 8 nitrogen and oxygen atoms in total. The largest absolute Gasteiger partial charge is 0.496 e. The average molecular weight is 446 g/mol. The summed E-state index contributed by atoms with van der Waals surface area (Å²) in [5, 5.41) is 0. The van der Waals surface area contributed by atoms with E-state index in [2.05, 4.69) is 20.9 Å². The lowest BCUT2D eigenvalue weighted by Gasteiger charge is -2.28. The molecule has 0 radical (unpaired) electrons. The van der Waals surface area contributed by atoms with Gasteiger partial charge in [-0.15, -0.1) is 0 Å². The monoisotopic (exact) mass is 445 g/mol. The van der Waals surface area contributed by atoms with Gasteiger partial charge in [-0.05, 0) is 24.6 Å². The summed E-state index contributed by atoms with van der Waals surface area (Å²) in [5.74, 6) is 1.59. The van der Waals surface area contributed by atoms with Crippen LogP contribution in [0.2, 0.25) is 0 Å². The van der Waals surface area contributed by atoms with Crippen LogP contribution in [-0.4, -0.2) is 57.4 Å². The first-order valence-corrected chi connectivity index (χ1v) is 11.3. The van der Waals surface area contributed by atoms with Gasteiger partial charge in [-0.25, -0.2) is 4.98 Å². The van der Waals surface area contributed by atoms with Crippen LogP contribution in [0.1, 0.15) is 45.3 Å². The molecule has 0 spiro atoms. The van der Waals surface area contributed by atoms with E-state index in [-0.39, 0.29) is 17.4 Å². The molecule has 33 heavy (non-hydrogen) atoms. The predicted octanol–water partition coefficient (Wildman–Crippen LogP) is 2.36. The molecule has 1 atom stereocenters. The Morgan fingerprint density at radius 1 is 1.18 bits per heavy atom. The smallest absolute Gasteiger partial charge is 0.255 e. The van der Waals surface area contributed by atoms with E-state index in [1.165, 1.54) is 0 Å². The average Bonchev–Trinajstić information content (AvgIpc) is 3.35. The molecule has 0 saturated carbocycles. The lowest BCUT2D eigenvalue weighted by atomic mass is 10.0. The Bertz CT molecular complexity index is 1210. The normalized spacial score (nSPS) is 18.2. The number of hydrogen-bond donors (Lipinski definition) is 1. The van der Waals surface area contributed by atoms with Gasteiger partial charge in [0.2, 0.25) is 0 Å². The summed E-state index contributed by atoms with van der Waals surface area (Å²) < 4.78 is 5.47. The molecule has 1 saturated heterocycles. The molecule has 8 heteroatoms. The van der Waals surface area contributed by atoms with Crippen molar-refractivity contribution in [2.24, 2.45) is 0 Å². The standard InChI is InChI=1S/C25H27N5O3/c1-33-22-5-3-2-4-18(22)14-29-12-9-21-20(16-29)24(31)28-23(27-21)19-8-13-30(15-19)25(32)17-6-10-26-11-7-17/h2-7,10-11,19H,8-9,12-16H2,1H3,(H,27,28,31)/t19-/m1/s1. The van der Waals surface area contributed by atoms with E-state index < -0.39 is 0 Å². The van der Waals surface area contributed by atoms with E-state index in [1.807, 2.05) is 23.1 Å². The fraction of sp³-hybridized carbons (Fsp3) is 0.360. The molecule has 1 fully saturated rings. The number of amides is 1. The molecule has 1 amide bonds. The number of hydrogen-bond acceptors (Lipinski definition) is 6. The summed E-state index contributed by atoms with van der Waals surface area (Å²) in [6.07, 6.45) is 4.77. The molecule has 2 aliphatic heterocycles. The molecular weight excluding hydrogens is 418 g/mol. The number of aromatic nitrogens is 3. The van der Waals surface area contributed by atoms with E-state index in [0.717, 1.165) is 48.5 Å². The number of likely N-dealkylation sites (tertiary alicyclic amines) is 1. The molecular formula is C25H27N5O3. The van der Waals surface area contributed by atoms with Crippen LogP contribution in [0.25, 0.3) is 0 Å². The van der Waals surface area contributed by atoms with E-state index in [0.29, 0.717) is 31.0 Å². The highest BCUT2D eigenvalue weighted by Crippen LogP contribution is 2.27. The summed E-state index contributed by atoms with van der Waals surface area (Å²) in [6.45, 7) is 3.33. The molecule has 0 unspecified atom stereocenters. The van der Waals surface area contributed by atoms with Crippen LogP contribution in [0, 0.1) is 0 Å². The lowest BCUT2D eigenvalue weighted by molar-refractivity contribution is 0.0790. The summed E-state index contributed by atoms with van der Waals surface area (Å²) >= 11 is 0. The minimum absolute atomic E-state index is 0.00723. The van der Waals surface area contributed by atoms with Gasteiger partial charge in [-0.2, -0.15) is 0 Å². The van der Waals surface area contributed by atoms with E-state index >= 15 is 0 Å². The molecule has 3 aromatic rings. The number of benzene rings is 1. The number of nitrogens with one attached hydrogen (secondary N) is 1. The van der Waals surface area contributed by atoms with Crippen molar-refractivity contribution in [1.82, 2.24) is 24.8 Å². The maximum atomic E-state index is 13.0. The zero-order valence-electron chi connectivity index (χ0n) is 18.7. The number of H-pyrrole nitrogens is 1. The first kappa shape index (κ1) is 21.3. The number of carbonyl (C=O) groups is 1. The minimum Gasteiger partial charge on any atom is -0.496 e. The SMILES string of the molecule is COc1ccccc1CN1CCc2nc([C@@H]3CCN(C(=O)c4ccncc4)C3)[nH]c(=O)c2C1. The Balaban J connectivity index is 1.29. The number of nitrogens with zero attached hydrogens (tertiary/aromatic N) is 4. The van der Waals surface area contributed by atoms with Crippen molar-refractivity contribution in [3.8, 4) is 5.75 Å². The van der Waals surface area contributed by atoms with Crippen molar-refractivity contribution in [2.45, 2.75) is 31.8 Å². The second-order valence-electron chi connectivity index (χ2n) is 8.62. The second-order valence-corrected chi connectivity index (χ2v) is 8.62. The zero-order chi connectivity index (χ0) is 22.8. The topological polar surface area (TPSA) is 91.4 Å². The van der Waals surface area contributed by atoms with Crippen LogP contribution in [0.15, 0.2) is 53.6 Å². The quantitative estimate of drug-likeness (QED) is 0.648. The van der Waals surface area contributed by atoms with E-state index in [9.17, 15) is 9.59 Å². The molecule has 170 valence electrons. The Labute approximate surface area is 192 Å². The van der Waals surface area contributed by atoms with Crippen molar-refractivity contribution in [1.29, 1.82) is 0 Å². The molecule has 1 N–H and O–H groups in total. The molecule has 4 heterocycles. The Kier molecular flexibility index (Phi) is 5.92. The summed E-state index contributed by atoms with van der Waals surface area (Å²) in [5.41, 5.74) is 3.28. The number of methoxy groups -OCH3 is 1. The van der Waals surface area contributed by atoms with Gasteiger partial charge in [0.25, 0.3) is 11.5 Å². The molecule has 2 aromatic heterocycles. The number of fused-ring (bicyclic) bond motifs is 1. The van der Waals surface area contributed by atoms with Crippen LogP contribution in [-0.2, 0) is 19.5 Å². The molecule has 0 aliphatic carbocycles. The van der Waals surface area contributed by atoms with Crippen molar-refractivity contribution in [2.75, 3.05) is 26.7 Å². The first-order chi connectivity index (χ1) is 16.1. The molecule has 2 aliphatic rings. The summed E-state index contributed by atoms with van der Waals surface area (Å²) in [7, 11) is 1.68. The third kappa shape index (κ3) is 4.39. The van der Waals surface area contributed by atoms with Crippen molar-refractivity contribution < 1.29 is 9.53 Å². The maximum Gasteiger partial charge on any atom is 0.255 e. The first-order valence-electron chi connectivity index (χ1n) is 11.3. The fourth-order valence-corrected chi connectivity index (χ4v) is 4.75. The van der Waals surface area contributed by atoms with Gasteiger partial charge in [-0.3, -0.25) is 19.5 Å². The minimum atomic E-state index is -0.0707. The molecule has 5 rings (SSSR count). The van der Waals surface area contributed by atoms with Gasteiger partial charge in [0, 0.05) is 68.6 Å². The van der Waals surface area contributed by atoms with Gasteiger partial charge in [0.1, 0.15) is 11.6 Å². The van der Waals surface area contributed by atoms with Crippen molar-refractivity contribution in [3.05, 3.63) is 87.4 Å². The molecule has 1 aromatic carbocycles. The van der Waals surface area contributed by atoms with Gasteiger partial charge < -0.3 is 14.6 Å². The van der Waals surface area contributed by atoms with E-state index in [1.54, 1.807) is 31.6 Å². The highest BCUT2D eigenvalue weighted by Gasteiger charge is 2.31. The van der Waals surface area contributed by atoms with Gasteiger partial charge in [0.05, 0.1) is 18.4 Å². The van der Waals surface area contributed by atoms with Crippen LogP contribution in [0.5, 0.6) is 5.75 Å². The summed E-state index contributed by atoms with van der Waals surface area (Å²) in [6, 6.07) is 11.4. The lowest BCUT2D eigenvalue weighted by Crippen LogP contribution is -2.36. The number of ether oxygens (including phenoxy) is 1. The van der Waals surface area contributed by atoms with Crippen molar-refractivity contribution in [3.63, 3.8) is 0 Å². The van der Waals surface area contributed by atoms with Gasteiger partial charge in [-0.1, -0.05) is 18.2 Å². The third-order valence-corrected chi connectivity index (χ3v) is 6.54. The van der Waals surface area contributed by atoms with Crippen LogP contribution < -0.4 is 10.3 Å². The number of pyridine rings is 1. The van der Waals surface area contributed by atoms with Gasteiger partial charge in [0.15, 0.2) is 0 Å². The number of carbonyl (C=O) groups excluding carboxylic acids is 1. The highest BCUT2D eigenvalue weighted by molar-refractivity contribution is 5.94. The summed E-state index contributed by atoms with van der Waals surface area (Å²) in [4.78, 5) is 41.6. The maximum absolute atomic E-state index is 13.0. The Morgan fingerprint density at radius 3 is 2.82 bits per heavy atom. The predicted molar refractivity (Wildman–Crippen MR) is 123 cm³/mol. The van der Waals surface area contributed by atoms with Crippen LogP contribution >= 0.6 is 0 Å². The van der Waals surface area contributed by atoms with Gasteiger partial charge >= 0.3 is 0 Å². The van der Waals surface area contributed by atoms with Crippen LogP contribution in [0.3, 0.4) is 0 Å². The van der Waals surface area contributed by atoms with Crippen molar-refractivity contribution >= 4 is 5.91 Å². The Hall–Kier alpha value is -3.52. The third-order valence-electron chi connectivity index (χ3n) is 6.54. The Morgan fingerprint density at radius 2 is 2.00 bits per heavy atom. The fourth-order valence-electron chi connectivity index (χ4n) is 4.75. The molecule has 0 bridgehead atoms. The highest BCUT2D eigenvalue weighted by atomic mass is 16.5. The van der Waals surface area contributed by atoms with E-state index in [4.69, 9.17) is 9.72 Å². The number of rotatable bonds is 5. The van der Waals surface area contributed by atoms with Crippen LogP contribution in [0.4, 0.5) is 0 Å². The number of aromatic amines is 1. The number of para-hydroxylation sites is 1.